The lowest BCUT2D eigenvalue weighted by Gasteiger charge is -2.31. The third-order valence-corrected chi connectivity index (χ3v) is 4.12. The molecule has 22 heavy (non-hydrogen) atoms. The number of piperidine rings is 1. The fourth-order valence-electron chi connectivity index (χ4n) is 2.85. The first kappa shape index (κ1) is 16.3. The number of methoxy groups -OCH3 is 1. The summed E-state index contributed by atoms with van der Waals surface area (Å²) >= 11 is 0. The van der Waals surface area contributed by atoms with E-state index in [2.05, 4.69) is 5.32 Å². The van der Waals surface area contributed by atoms with Crippen molar-refractivity contribution in [2.45, 2.75) is 26.2 Å². The van der Waals surface area contributed by atoms with Gasteiger partial charge < -0.3 is 15.0 Å². The lowest BCUT2D eigenvalue weighted by atomic mass is 9.97. The molecule has 0 aliphatic carbocycles. The van der Waals surface area contributed by atoms with Crippen molar-refractivity contribution in [3.63, 3.8) is 0 Å². The minimum Gasteiger partial charge on any atom is -0.496 e. The number of amides is 2. The van der Waals surface area contributed by atoms with Gasteiger partial charge in [-0.15, -0.1) is 0 Å². The Kier molecular flexibility index (Phi) is 5.81. The van der Waals surface area contributed by atoms with E-state index in [-0.39, 0.29) is 17.7 Å². The Morgan fingerprint density at radius 1 is 1.36 bits per heavy atom. The van der Waals surface area contributed by atoms with Gasteiger partial charge in [0.15, 0.2) is 0 Å². The Labute approximate surface area is 131 Å². The summed E-state index contributed by atoms with van der Waals surface area (Å²) in [6, 6.07) is 7.82. The van der Waals surface area contributed by atoms with Gasteiger partial charge in [0.2, 0.25) is 11.8 Å². The average molecular weight is 304 g/mol. The minimum absolute atomic E-state index is 0.0425. The molecule has 2 rings (SSSR count). The molecule has 2 amide bonds. The number of hydrogen-bond acceptors (Lipinski definition) is 3. The number of carbonyl (C=O) groups is 2. The van der Waals surface area contributed by atoms with Crippen molar-refractivity contribution in [2.24, 2.45) is 5.92 Å². The van der Waals surface area contributed by atoms with Crippen LogP contribution in [0.25, 0.3) is 0 Å². The first-order valence-corrected chi connectivity index (χ1v) is 7.77. The van der Waals surface area contributed by atoms with Crippen LogP contribution in [-0.2, 0) is 16.0 Å². The topological polar surface area (TPSA) is 58.6 Å². The van der Waals surface area contributed by atoms with Gasteiger partial charge in [0.25, 0.3) is 0 Å². The molecule has 0 saturated carbocycles. The Balaban J connectivity index is 1.81. The third kappa shape index (κ3) is 4.23. The molecule has 1 N–H and O–H groups in total. The molecule has 0 spiro atoms. The molecule has 1 aromatic rings. The number of nitrogens with zero attached hydrogens (tertiary/aromatic N) is 1. The smallest absolute Gasteiger partial charge is 0.224 e. The molecule has 0 bridgehead atoms. The summed E-state index contributed by atoms with van der Waals surface area (Å²) in [6.45, 7) is 3.44. The number of nitrogens with one attached hydrogen (secondary N) is 1. The van der Waals surface area contributed by atoms with Crippen LogP contribution in [0.2, 0.25) is 0 Å². The Morgan fingerprint density at radius 2 is 2.14 bits per heavy atom. The van der Waals surface area contributed by atoms with Gasteiger partial charge >= 0.3 is 0 Å². The van der Waals surface area contributed by atoms with Gasteiger partial charge in [-0.2, -0.15) is 0 Å². The van der Waals surface area contributed by atoms with Gasteiger partial charge in [0.05, 0.1) is 13.0 Å². The first-order chi connectivity index (χ1) is 10.6. The molecule has 1 saturated heterocycles. The quantitative estimate of drug-likeness (QED) is 0.899. The molecule has 1 fully saturated rings. The van der Waals surface area contributed by atoms with Crippen LogP contribution in [-0.4, -0.2) is 43.5 Å². The maximum atomic E-state index is 12.2. The van der Waals surface area contributed by atoms with Gasteiger partial charge in [-0.05, 0) is 30.9 Å². The Hall–Kier alpha value is -2.04. The summed E-state index contributed by atoms with van der Waals surface area (Å²) in [5.41, 5.74) is 1.08. The normalized spacial score (nSPS) is 17.9. The van der Waals surface area contributed by atoms with Crippen molar-refractivity contribution in [3.05, 3.63) is 29.8 Å². The van der Waals surface area contributed by atoms with Crippen LogP contribution in [0.15, 0.2) is 24.3 Å². The molecular formula is C17H24N2O3. The molecule has 1 aliphatic rings. The second-order valence-corrected chi connectivity index (χ2v) is 5.66. The second-order valence-electron chi connectivity index (χ2n) is 5.66. The van der Waals surface area contributed by atoms with Crippen molar-refractivity contribution in [2.75, 3.05) is 26.7 Å². The molecule has 1 unspecified atom stereocenters. The first-order valence-electron chi connectivity index (χ1n) is 7.77. The fraction of sp³-hybridized carbons (Fsp3) is 0.529. The number of ether oxygens (including phenoxy) is 1. The number of benzene rings is 1. The fourth-order valence-corrected chi connectivity index (χ4v) is 2.85. The average Bonchev–Trinajstić information content (AvgIpc) is 2.55. The summed E-state index contributed by atoms with van der Waals surface area (Å²) in [4.78, 5) is 25.4. The van der Waals surface area contributed by atoms with Crippen molar-refractivity contribution in [3.8, 4) is 5.75 Å². The molecule has 5 heteroatoms. The highest BCUT2D eigenvalue weighted by molar-refractivity contribution is 5.80. The van der Waals surface area contributed by atoms with E-state index in [1.54, 1.807) is 18.9 Å². The zero-order chi connectivity index (χ0) is 15.9. The number of para-hydroxylation sites is 1. The van der Waals surface area contributed by atoms with Gasteiger partial charge in [0.1, 0.15) is 5.75 Å². The molecule has 1 aliphatic heterocycles. The van der Waals surface area contributed by atoms with Crippen LogP contribution in [0.4, 0.5) is 0 Å². The zero-order valence-corrected chi connectivity index (χ0v) is 13.3. The third-order valence-electron chi connectivity index (χ3n) is 4.12. The molecule has 0 radical (unpaired) electrons. The largest absolute Gasteiger partial charge is 0.496 e. The van der Waals surface area contributed by atoms with E-state index in [9.17, 15) is 9.59 Å². The summed E-state index contributed by atoms with van der Waals surface area (Å²) in [7, 11) is 1.65. The van der Waals surface area contributed by atoms with Gasteiger partial charge in [0, 0.05) is 26.6 Å². The van der Waals surface area contributed by atoms with E-state index in [1.807, 2.05) is 24.3 Å². The Morgan fingerprint density at radius 3 is 2.86 bits per heavy atom. The monoisotopic (exact) mass is 304 g/mol. The van der Waals surface area contributed by atoms with Crippen molar-refractivity contribution in [1.29, 1.82) is 0 Å². The molecular weight excluding hydrogens is 280 g/mol. The highest BCUT2D eigenvalue weighted by atomic mass is 16.5. The van der Waals surface area contributed by atoms with Crippen LogP contribution in [0.1, 0.15) is 25.3 Å². The standard InChI is InChI=1S/C17H24N2O3/c1-13(20)19-11-5-7-15(12-19)17(21)18-10-9-14-6-3-4-8-16(14)22-2/h3-4,6,8,15H,5,7,9-12H2,1-2H3,(H,18,21). The lowest BCUT2D eigenvalue weighted by molar-refractivity contribution is -0.133. The maximum Gasteiger partial charge on any atom is 0.224 e. The predicted octanol–water partition coefficient (Wildman–Crippen LogP) is 1.61. The molecule has 1 heterocycles. The number of carbonyl (C=O) groups excluding carboxylic acids is 2. The molecule has 0 aromatic heterocycles. The summed E-state index contributed by atoms with van der Waals surface area (Å²) in [5.74, 6) is 0.847. The van der Waals surface area contributed by atoms with Gasteiger partial charge in [-0.3, -0.25) is 9.59 Å². The maximum absolute atomic E-state index is 12.2. The van der Waals surface area contributed by atoms with E-state index in [4.69, 9.17) is 4.74 Å². The van der Waals surface area contributed by atoms with Gasteiger partial charge in [-0.25, -0.2) is 0 Å². The van der Waals surface area contributed by atoms with E-state index < -0.39 is 0 Å². The number of hydrogen-bond donors (Lipinski definition) is 1. The van der Waals surface area contributed by atoms with E-state index in [0.717, 1.165) is 37.1 Å². The van der Waals surface area contributed by atoms with Crippen LogP contribution >= 0.6 is 0 Å². The van der Waals surface area contributed by atoms with Crippen LogP contribution in [0, 0.1) is 5.92 Å². The predicted molar refractivity (Wildman–Crippen MR) is 84.7 cm³/mol. The van der Waals surface area contributed by atoms with E-state index in [1.165, 1.54) is 0 Å². The van der Waals surface area contributed by atoms with Crippen LogP contribution < -0.4 is 10.1 Å². The lowest BCUT2D eigenvalue weighted by Crippen LogP contribution is -2.45. The second kappa shape index (κ2) is 7.82. The van der Waals surface area contributed by atoms with Crippen molar-refractivity contribution < 1.29 is 14.3 Å². The van der Waals surface area contributed by atoms with Crippen molar-refractivity contribution in [1.82, 2.24) is 10.2 Å². The highest BCUT2D eigenvalue weighted by Gasteiger charge is 2.26. The summed E-state index contributed by atoms with van der Waals surface area (Å²) in [6.07, 6.45) is 2.48. The number of likely N-dealkylation sites (tertiary alicyclic amines) is 1. The van der Waals surface area contributed by atoms with Gasteiger partial charge in [-0.1, -0.05) is 18.2 Å². The van der Waals surface area contributed by atoms with Crippen molar-refractivity contribution >= 4 is 11.8 Å². The van der Waals surface area contributed by atoms with E-state index in [0.29, 0.717) is 13.1 Å². The Bertz CT molecular complexity index is 530. The summed E-state index contributed by atoms with van der Waals surface area (Å²) < 4.78 is 5.30. The molecule has 5 nitrogen and oxygen atoms in total. The minimum atomic E-state index is -0.0877. The molecule has 120 valence electrons. The van der Waals surface area contributed by atoms with E-state index >= 15 is 0 Å². The SMILES string of the molecule is COc1ccccc1CCNC(=O)C1CCCN(C(C)=O)C1. The number of rotatable bonds is 5. The molecule has 1 aromatic carbocycles. The van der Waals surface area contributed by atoms with Crippen LogP contribution in [0.3, 0.4) is 0 Å². The highest BCUT2D eigenvalue weighted by Crippen LogP contribution is 2.18. The summed E-state index contributed by atoms with van der Waals surface area (Å²) in [5, 5.41) is 2.98. The zero-order valence-electron chi connectivity index (χ0n) is 13.3. The van der Waals surface area contributed by atoms with Crippen LogP contribution in [0.5, 0.6) is 5.75 Å². The molecule has 1 atom stereocenters.